The average Bonchev–Trinajstić information content (AvgIpc) is 3.08. The molecule has 1 fully saturated rings. The molecule has 4 heteroatoms. The van der Waals surface area contributed by atoms with Crippen LogP contribution in [0.5, 0.6) is 0 Å². The average molecular weight is 257 g/mol. The Bertz CT molecular complexity index is 570. The minimum atomic E-state index is -0.386. The van der Waals surface area contributed by atoms with Crippen LogP contribution in [0.1, 0.15) is 44.0 Å². The van der Waals surface area contributed by atoms with Gasteiger partial charge in [0.25, 0.3) is 5.89 Å². The summed E-state index contributed by atoms with van der Waals surface area (Å²) >= 11 is 0. The van der Waals surface area contributed by atoms with Gasteiger partial charge in [-0.2, -0.15) is 4.98 Å². The van der Waals surface area contributed by atoms with E-state index in [2.05, 4.69) is 23.1 Å². The zero-order chi connectivity index (χ0) is 13.3. The van der Waals surface area contributed by atoms with E-state index in [1.807, 2.05) is 18.2 Å². The highest BCUT2D eigenvalue weighted by Crippen LogP contribution is 2.35. The third-order valence-corrected chi connectivity index (χ3v) is 4.00. The van der Waals surface area contributed by atoms with E-state index in [1.165, 1.54) is 5.56 Å². The lowest BCUT2D eigenvalue weighted by atomic mass is 9.98. The Morgan fingerprint density at radius 1 is 1.26 bits per heavy atom. The van der Waals surface area contributed by atoms with Crippen molar-refractivity contribution in [3.8, 4) is 11.5 Å². The van der Waals surface area contributed by atoms with Gasteiger partial charge in [-0.1, -0.05) is 43.1 Å². The molecule has 0 bridgehead atoms. The van der Waals surface area contributed by atoms with E-state index in [-0.39, 0.29) is 5.54 Å². The zero-order valence-corrected chi connectivity index (χ0v) is 11.2. The predicted octanol–water partition coefficient (Wildman–Crippen LogP) is 3.03. The van der Waals surface area contributed by atoms with Crippen molar-refractivity contribution in [2.24, 2.45) is 5.73 Å². The molecule has 1 aromatic carbocycles. The fraction of sp³-hybridized carbons (Fsp3) is 0.467. The van der Waals surface area contributed by atoms with Gasteiger partial charge in [0.15, 0.2) is 5.82 Å². The van der Waals surface area contributed by atoms with Gasteiger partial charge < -0.3 is 10.3 Å². The number of aryl methyl sites for hydroxylation is 1. The van der Waals surface area contributed by atoms with Crippen LogP contribution in [0.2, 0.25) is 0 Å². The minimum Gasteiger partial charge on any atom is -0.334 e. The standard InChI is InChI=1S/C15H19N3O/c1-2-11-7-3-4-8-12(11)13-17-14(18-19-13)15(16)9-5-6-10-15/h3-4,7-8H,2,5-6,9-10,16H2,1H3. The summed E-state index contributed by atoms with van der Waals surface area (Å²) in [5.74, 6) is 1.25. The number of rotatable bonds is 3. The summed E-state index contributed by atoms with van der Waals surface area (Å²) in [6, 6.07) is 8.13. The predicted molar refractivity (Wildman–Crippen MR) is 73.4 cm³/mol. The molecule has 1 aromatic heterocycles. The topological polar surface area (TPSA) is 64.9 Å². The summed E-state index contributed by atoms with van der Waals surface area (Å²) in [4.78, 5) is 4.54. The van der Waals surface area contributed by atoms with Crippen LogP contribution in [0.25, 0.3) is 11.5 Å². The van der Waals surface area contributed by atoms with Crippen molar-refractivity contribution >= 4 is 0 Å². The maximum atomic E-state index is 6.36. The van der Waals surface area contributed by atoms with Gasteiger partial charge in [0.1, 0.15) is 0 Å². The molecule has 4 nitrogen and oxygen atoms in total. The molecule has 0 spiro atoms. The summed E-state index contributed by atoms with van der Waals surface area (Å²) in [6.07, 6.45) is 5.13. The fourth-order valence-electron chi connectivity index (χ4n) is 2.80. The lowest BCUT2D eigenvalue weighted by molar-refractivity contribution is 0.372. The number of nitrogens with two attached hydrogens (primary N) is 1. The van der Waals surface area contributed by atoms with E-state index < -0.39 is 0 Å². The number of nitrogens with zero attached hydrogens (tertiary/aromatic N) is 2. The molecule has 3 rings (SSSR count). The van der Waals surface area contributed by atoms with E-state index in [0.29, 0.717) is 11.7 Å². The third-order valence-electron chi connectivity index (χ3n) is 4.00. The second-order valence-corrected chi connectivity index (χ2v) is 5.30. The largest absolute Gasteiger partial charge is 0.334 e. The highest BCUT2D eigenvalue weighted by Gasteiger charge is 2.36. The normalized spacial score (nSPS) is 17.8. The molecular formula is C15H19N3O. The first-order chi connectivity index (χ1) is 9.23. The first-order valence-electron chi connectivity index (χ1n) is 6.94. The van der Waals surface area contributed by atoms with Gasteiger partial charge in [-0.25, -0.2) is 0 Å². The molecule has 19 heavy (non-hydrogen) atoms. The lowest BCUT2D eigenvalue weighted by Crippen LogP contribution is -2.34. The smallest absolute Gasteiger partial charge is 0.258 e. The highest BCUT2D eigenvalue weighted by molar-refractivity contribution is 5.58. The minimum absolute atomic E-state index is 0.386. The molecule has 0 unspecified atom stereocenters. The summed E-state index contributed by atoms with van der Waals surface area (Å²) < 4.78 is 5.43. The van der Waals surface area contributed by atoms with Crippen molar-refractivity contribution in [3.05, 3.63) is 35.7 Å². The fourth-order valence-corrected chi connectivity index (χ4v) is 2.80. The molecule has 0 atom stereocenters. The van der Waals surface area contributed by atoms with Crippen molar-refractivity contribution in [1.29, 1.82) is 0 Å². The van der Waals surface area contributed by atoms with Gasteiger partial charge in [-0.15, -0.1) is 0 Å². The summed E-state index contributed by atoms with van der Waals surface area (Å²) in [7, 11) is 0. The van der Waals surface area contributed by atoms with Crippen LogP contribution >= 0.6 is 0 Å². The van der Waals surface area contributed by atoms with E-state index in [1.54, 1.807) is 0 Å². The Morgan fingerprint density at radius 2 is 2.00 bits per heavy atom. The summed E-state index contributed by atoms with van der Waals surface area (Å²) in [6.45, 7) is 2.12. The Hall–Kier alpha value is -1.68. The van der Waals surface area contributed by atoms with E-state index in [4.69, 9.17) is 10.3 Å². The third kappa shape index (κ3) is 2.16. The van der Waals surface area contributed by atoms with Gasteiger partial charge in [-0.3, -0.25) is 0 Å². The SMILES string of the molecule is CCc1ccccc1-c1nc(C2(N)CCCC2)no1. The van der Waals surface area contributed by atoms with Crippen LogP contribution < -0.4 is 5.73 Å². The number of aromatic nitrogens is 2. The van der Waals surface area contributed by atoms with Crippen molar-refractivity contribution in [2.75, 3.05) is 0 Å². The molecule has 0 radical (unpaired) electrons. The molecule has 0 aliphatic heterocycles. The van der Waals surface area contributed by atoms with Gasteiger partial charge in [-0.05, 0) is 30.9 Å². The Morgan fingerprint density at radius 3 is 2.74 bits per heavy atom. The molecular weight excluding hydrogens is 238 g/mol. The molecule has 2 N–H and O–H groups in total. The van der Waals surface area contributed by atoms with Crippen molar-refractivity contribution in [3.63, 3.8) is 0 Å². The first-order valence-corrected chi connectivity index (χ1v) is 6.94. The van der Waals surface area contributed by atoms with Crippen LogP contribution in [0.15, 0.2) is 28.8 Å². The summed E-state index contributed by atoms with van der Waals surface area (Å²) in [5, 5.41) is 4.11. The molecule has 1 saturated carbocycles. The molecule has 2 aromatic rings. The quantitative estimate of drug-likeness (QED) is 0.917. The van der Waals surface area contributed by atoms with Crippen molar-refractivity contribution < 1.29 is 4.52 Å². The molecule has 1 aliphatic carbocycles. The molecule has 0 saturated heterocycles. The maximum Gasteiger partial charge on any atom is 0.258 e. The van der Waals surface area contributed by atoms with Gasteiger partial charge in [0.05, 0.1) is 5.54 Å². The molecule has 1 heterocycles. The number of hydrogen-bond acceptors (Lipinski definition) is 4. The van der Waals surface area contributed by atoms with Gasteiger partial charge >= 0.3 is 0 Å². The van der Waals surface area contributed by atoms with Gasteiger partial charge in [0, 0.05) is 5.56 Å². The Kier molecular flexibility index (Phi) is 3.11. The summed E-state index contributed by atoms with van der Waals surface area (Å²) in [5.41, 5.74) is 8.21. The zero-order valence-electron chi connectivity index (χ0n) is 11.2. The van der Waals surface area contributed by atoms with Crippen LogP contribution in [-0.2, 0) is 12.0 Å². The van der Waals surface area contributed by atoms with Gasteiger partial charge in [0.2, 0.25) is 0 Å². The number of hydrogen-bond donors (Lipinski definition) is 1. The van der Waals surface area contributed by atoms with Crippen LogP contribution in [-0.4, -0.2) is 10.1 Å². The monoisotopic (exact) mass is 257 g/mol. The molecule has 100 valence electrons. The van der Waals surface area contributed by atoms with E-state index in [9.17, 15) is 0 Å². The van der Waals surface area contributed by atoms with Crippen molar-refractivity contribution in [2.45, 2.75) is 44.6 Å². The number of benzene rings is 1. The van der Waals surface area contributed by atoms with E-state index >= 15 is 0 Å². The molecule has 0 amide bonds. The van der Waals surface area contributed by atoms with E-state index in [0.717, 1.165) is 37.7 Å². The van der Waals surface area contributed by atoms with Crippen molar-refractivity contribution in [1.82, 2.24) is 10.1 Å². The lowest BCUT2D eigenvalue weighted by Gasteiger charge is -2.17. The highest BCUT2D eigenvalue weighted by atomic mass is 16.5. The second kappa shape index (κ2) is 4.78. The second-order valence-electron chi connectivity index (χ2n) is 5.30. The van der Waals surface area contributed by atoms with Crippen LogP contribution in [0.3, 0.4) is 0 Å². The molecule has 1 aliphatic rings. The maximum absolute atomic E-state index is 6.36. The Balaban J connectivity index is 1.97. The van der Waals surface area contributed by atoms with Crippen LogP contribution in [0.4, 0.5) is 0 Å². The first kappa shape index (κ1) is 12.4. The Labute approximate surface area is 113 Å². The van der Waals surface area contributed by atoms with Crippen LogP contribution in [0, 0.1) is 0 Å².